The van der Waals surface area contributed by atoms with Crippen molar-refractivity contribution < 1.29 is 24.3 Å². The van der Waals surface area contributed by atoms with Crippen LogP contribution < -0.4 is 15.7 Å². The van der Waals surface area contributed by atoms with E-state index in [2.05, 4.69) is 0 Å². The maximum atomic E-state index is 11.7. The zero-order valence-electron chi connectivity index (χ0n) is 12.5. The fourth-order valence-electron chi connectivity index (χ4n) is 2.50. The first-order chi connectivity index (χ1) is 11.4. The summed E-state index contributed by atoms with van der Waals surface area (Å²) in [6.45, 7) is 1.51. The van der Waals surface area contributed by atoms with Crippen LogP contribution >= 0.6 is 0 Å². The monoisotopic (exact) mass is 326 g/mol. The molecule has 0 radical (unpaired) electrons. The Bertz CT molecular complexity index is 903. The standard InChI is InChI=1S/C16H13N3O5/c1-8(15(22)23)19-5-4-10-6-9(2-3-12(10)19)7-11-13(20)17-16(24)18-14(11)21/h2-8H,1H3,(H,22,23)(H2,17,18,20,21,24)/p-1/t8-/m1/s1. The normalized spacial score (nSPS) is 15.9. The average molecular weight is 326 g/mol. The number of carbonyl (C=O) groups is 4. The number of amides is 4. The van der Waals surface area contributed by atoms with Gasteiger partial charge in [0.15, 0.2) is 0 Å². The molecule has 2 heterocycles. The Morgan fingerprint density at radius 2 is 1.83 bits per heavy atom. The van der Waals surface area contributed by atoms with Crippen LogP contribution in [0.1, 0.15) is 18.5 Å². The second-order valence-electron chi connectivity index (χ2n) is 5.33. The molecule has 122 valence electrons. The zero-order chi connectivity index (χ0) is 17.4. The van der Waals surface area contributed by atoms with Crippen LogP contribution in [0.3, 0.4) is 0 Å². The van der Waals surface area contributed by atoms with Crippen LogP contribution in [0.4, 0.5) is 4.79 Å². The number of urea groups is 1. The van der Waals surface area contributed by atoms with Crippen molar-refractivity contribution in [2.75, 3.05) is 0 Å². The maximum absolute atomic E-state index is 11.7. The summed E-state index contributed by atoms with van der Waals surface area (Å²) in [5, 5.41) is 15.7. The highest BCUT2D eigenvalue weighted by Gasteiger charge is 2.27. The first kappa shape index (κ1) is 15.5. The number of imide groups is 2. The molecule has 2 aromatic rings. The lowest BCUT2D eigenvalue weighted by Crippen LogP contribution is -2.51. The second-order valence-corrected chi connectivity index (χ2v) is 5.33. The number of aromatic nitrogens is 1. The molecular formula is C16H12N3O5-. The Morgan fingerprint density at radius 3 is 2.46 bits per heavy atom. The molecule has 0 aliphatic carbocycles. The highest BCUT2D eigenvalue weighted by Crippen LogP contribution is 2.22. The van der Waals surface area contributed by atoms with Gasteiger partial charge < -0.3 is 14.5 Å². The van der Waals surface area contributed by atoms with Gasteiger partial charge in [0.2, 0.25) is 0 Å². The number of fused-ring (bicyclic) bond motifs is 1. The topological polar surface area (TPSA) is 120 Å². The molecule has 1 fully saturated rings. The predicted octanol–water partition coefficient (Wildman–Crippen LogP) is -0.298. The smallest absolute Gasteiger partial charge is 0.328 e. The molecule has 0 unspecified atom stereocenters. The van der Waals surface area contributed by atoms with Crippen molar-refractivity contribution in [1.29, 1.82) is 0 Å². The summed E-state index contributed by atoms with van der Waals surface area (Å²) < 4.78 is 1.56. The van der Waals surface area contributed by atoms with Crippen molar-refractivity contribution in [3.63, 3.8) is 0 Å². The number of rotatable bonds is 3. The molecule has 1 saturated heterocycles. The number of nitrogens with one attached hydrogen (secondary N) is 2. The van der Waals surface area contributed by atoms with Gasteiger partial charge in [0.25, 0.3) is 11.8 Å². The van der Waals surface area contributed by atoms with E-state index in [4.69, 9.17) is 0 Å². The highest BCUT2D eigenvalue weighted by atomic mass is 16.4. The number of barbiturate groups is 1. The number of nitrogens with zero attached hydrogens (tertiary/aromatic N) is 1. The predicted molar refractivity (Wildman–Crippen MR) is 81.3 cm³/mol. The van der Waals surface area contributed by atoms with Gasteiger partial charge in [0, 0.05) is 17.1 Å². The van der Waals surface area contributed by atoms with Crippen molar-refractivity contribution in [3.05, 3.63) is 41.6 Å². The third-order valence-corrected chi connectivity index (χ3v) is 3.76. The maximum Gasteiger partial charge on any atom is 0.328 e. The van der Waals surface area contributed by atoms with E-state index in [1.807, 2.05) is 10.6 Å². The minimum Gasteiger partial charge on any atom is -0.548 e. The third kappa shape index (κ3) is 2.65. The Balaban J connectivity index is 1.99. The summed E-state index contributed by atoms with van der Waals surface area (Å²) in [6, 6.07) is 5.08. The van der Waals surface area contributed by atoms with Crippen LogP contribution in [0, 0.1) is 0 Å². The van der Waals surface area contributed by atoms with E-state index < -0.39 is 29.9 Å². The van der Waals surface area contributed by atoms with Crippen LogP contribution in [0.5, 0.6) is 0 Å². The number of carbonyl (C=O) groups excluding carboxylic acids is 4. The molecule has 1 aromatic carbocycles. The van der Waals surface area contributed by atoms with Gasteiger partial charge in [-0.2, -0.15) is 0 Å². The summed E-state index contributed by atoms with van der Waals surface area (Å²) >= 11 is 0. The third-order valence-electron chi connectivity index (χ3n) is 3.76. The Hall–Kier alpha value is -3.42. The van der Waals surface area contributed by atoms with Gasteiger partial charge in [-0.15, -0.1) is 0 Å². The molecule has 8 heteroatoms. The Labute approximate surface area is 135 Å². The van der Waals surface area contributed by atoms with E-state index in [9.17, 15) is 24.3 Å². The van der Waals surface area contributed by atoms with Gasteiger partial charge in [0.05, 0.1) is 12.0 Å². The van der Waals surface area contributed by atoms with Gasteiger partial charge in [-0.3, -0.25) is 20.2 Å². The number of carboxylic acid groups (broad SMARTS) is 1. The molecule has 3 rings (SSSR count). The Morgan fingerprint density at radius 1 is 1.17 bits per heavy atom. The van der Waals surface area contributed by atoms with Crippen LogP contribution in [0.15, 0.2) is 36.0 Å². The quantitative estimate of drug-likeness (QED) is 0.593. The van der Waals surface area contributed by atoms with Gasteiger partial charge in [0.1, 0.15) is 5.57 Å². The molecule has 0 saturated carbocycles. The van der Waals surface area contributed by atoms with Crippen LogP contribution in [-0.4, -0.2) is 28.4 Å². The summed E-state index contributed by atoms with van der Waals surface area (Å²) in [5.41, 5.74) is 1.06. The van der Waals surface area contributed by atoms with Crippen molar-refractivity contribution in [3.8, 4) is 0 Å². The van der Waals surface area contributed by atoms with Crippen LogP contribution in [0.25, 0.3) is 17.0 Å². The van der Waals surface area contributed by atoms with Crippen LogP contribution in [-0.2, 0) is 14.4 Å². The molecule has 24 heavy (non-hydrogen) atoms. The Kier molecular flexibility index (Phi) is 3.64. The molecular weight excluding hydrogens is 314 g/mol. The number of carboxylic acids is 1. The molecule has 4 amide bonds. The first-order valence-electron chi connectivity index (χ1n) is 7.06. The number of aliphatic carboxylic acids is 1. The van der Waals surface area contributed by atoms with E-state index in [0.29, 0.717) is 11.1 Å². The average Bonchev–Trinajstić information content (AvgIpc) is 2.93. The van der Waals surface area contributed by atoms with Gasteiger partial charge in [-0.05, 0) is 36.8 Å². The van der Waals surface area contributed by atoms with Gasteiger partial charge in [-0.1, -0.05) is 6.07 Å². The van der Waals surface area contributed by atoms with E-state index in [1.54, 1.807) is 35.0 Å². The summed E-state index contributed by atoms with van der Waals surface area (Å²) in [4.78, 5) is 45.5. The fraction of sp³-hybridized carbons (Fsp3) is 0.125. The molecule has 1 aromatic heterocycles. The highest BCUT2D eigenvalue weighted by molar-refractivity contribution is 6.31. The van der Waals surface area contributed by atoms with E-state index in [0.717, 1.165) is 5.39 Å². The second kappa shape index (κ2) is 5.65. The first-order valence-corrected chi connectivity index (χ1v) is 7.06. The molecule has 8 nitrogen and oxygen atoms in total. The lowest BCUT2D eigenvalue weighted by atomic mass is 10.1. The SMILES string of the molecule is C[C@H](C(=O)[O-])n1ccc2cc(C=C3C(=O)NC(=O)NC3=O)ccc21. The molecule has 1 aliphatic rings. The zero-order valence-corrected chi connectivity index (χ0v) is 12.5. The van der Waals surface area contributed by atoms with E-state index >= 15 is 0 Å². The van der Waals surface area contributed by atoms with Crippen molar-refractivity contribution in [2.45, 2.75) is 13.0 Å². The summed E-state index contributed by atoms with van der Waals surface area (Å²) in [7, 11) is 0. The number of benzene rings is 1. The van der Waals surface area contributed by atoms with E-state index in [-0.39, 0.29) is 5.57 Å². The molecule has 0 spiro atoms. The number of hydrogen-bond donors (Lipinski definition) is 2. The van der Waals surface area contributed by atoms with Crippen LogP contribution in [0.2, 0.25) is 0 Å². The van der Waals surface area contributed by atoms with E-state index in [1.165, 1.54) is 13.0 Å². The summed E-state index contributed by atoms with van der Waals surface area (Å²) in [6.07, 6.45) is 2.98. The molecule has 0 bridgehead atoms. The molecule has 2 N–H and O–H groups in total. The fourth-order valence-corrected chi connectivity index (χ4v) is 2.50. The molecule has 1 aliphatic heterocycles. The minimum atomic E-state index is -1.20. The lowest BCUT2D eigenvalue weighted by Gasteiger charge is -2.16. The van der Waals surface area contributed by atoms with Crippen molar-refractivity contribution in [1.82, 2.24) is 15.2 Å². The number of hydrogen-bond acceptors (Lipinski definition) is 5. The largest absolute Gasteiger partial charge is 0.548 e. The summed E-state index contributed by atoms with van der Waals surface area (Å²) in [5.74, 6) is -2.74. The van der Waals surface area contributed by atoms with Crippen molar-refractivity contribution in [2.24, 2.45) is 0 Å². The van der Waals surface area contributed by atoms with Gasteiger partial charge in [-0.25, -0.2) is 4.79 Å². The van der Waals surface area contributed by atoms with Crippen molar-refractivity contribution >= 4 is 40.8 Å². The minimum absolute atomic E-state index is 0.184. The molecule has 1 atom stereocenters. The lowest BCUT2D eigenvalue weighted by molar-refractivity contribution is -0.309. The van der Waals surface area contributed by atoms with Gasteiger partial charge >= 0.3 is 6.03 Å².